The maximum atomic E-state index is 12.4. The molecule has 2 aliphatic heterocycles. The first-order chi connectivity index (χ1) is 9.90. The van der Waals surface area contributed by atoms with E-state index in [4.69, 9.17) is 9.84 Å². The molecule has 1 aromatic rings. The third-order valence-electron chi connectivity index (χ3n) is 3.73. The third kappa shape index (κ3) is 1.99. The molecular weight excluding hydrogens is 280 g/mol. The molecule has 2 atom stereocenters. The number of ether oxygens (including phenoxy) is 1. The Morgan fingerprint density at radius 1 is 1.38 bits per heavy atom. The lowest BCUT2D eigenvalue weighted by atomic mass is 10.1. The Bertz CT molecular complexity index is 695. The topological polar surface area (TPSA) is 109 Å². The molecule has 0 aromatic carbocycles. The number of aromatic nitrogens is 1. The second-order valence-corrected chi connectivity index (χ2v) is 5.38. The van der Waals surface area contributed by atoms with E-state index < -0.39 is 34.8 Å². The van der Waals surface area contributed by atoms with Gasteiger partial charge in [0.05, 0.1) is 13.2 Å². The van der Waals surface area contributed by atoms with Crippen molar-refractivity contribution in [3.63, 3.8) is 0 Å². The van der Waals surface area contributed by atoms with E-state index in [-0.39, 0.29) is 18.2 Å². The van der Waals surface area contributed by atoms with Crippen molar-refractivity contribution in [3.05, 3.63) is 27.7 Å². The van der Waals surface area contributed by atoms with Gasteiger partial charge in [-0.25, -0.2) is 4.79 Å². The van der Waals surface area contributed by atoms with E-state index in [0.717, 1.165) is 6.20 Å². The monoisotopic (exact) mass is 294 g/mol. The molecule has 21 heavy (non-hydrogen) atoms. The van der Waals surface area contributed by atoms with Gasteiger partial charge in [0.2, 0.25) is 5.43 Å². The highest BCUT2D eigenvalue weighted by Crippen LogP contribution is 2.27. The largest absolute Gasteiger partial charge is 0.503 e. The standard InChI is InChI=1S/C13H14N2O6/c1-6-2-15-8(21-5-6)4-14-3-7(13(19)20)10(16)11(17)9(14)12(15)18/h3,6,8,17H,2,4-5H2,1H3,(H,19,20)/t6-,8-/m0/s1. The molecule has 2 aliphatic rings. The molecule has 1 amide bonds. The minimum absolute atomic E-state index is 0.156. The molecule has 1 fully saturated rings. The molecule has 3 rings (SSSR count). The van der Waals surface area contributed by atoms with Crippen molar-refractivity contribution in [1.82, 2.24) is 9.47 Å². The number of carbonyl (C=O) groups excluding carboxylic acids is 1. The average Bonchev–Trinajstić information content (AvgIpc) is 2.43. The van der Waals surface area contributed by atoms with Crippen molar-refractivity contribution in [1.29, 1.82) is 0 Å². The van der Waals surface area contributed by atoms with E-state index >= 15 is 0 Å². The fraction of sp³-hybridized carbons (Fsp3) is 0.462. The SMILES string of the molecule is C[C@@H]1CO[C@H]2Cn3cc(C(=O)O)c(=O)c(O)c3C(=O)N2C1. The van der Waals surface area contributed by atoms with Crippen molar-refractivity contribution in [2.45, 2.75) is 19.7 Å². The first kappa shape index (κ1) is 13.6. The summed E-state index contributed by atoms with van der Waals surface area (Å²) < 4.78 is 6.85. The number of hydrogen-bond acceptors (Lipinski definition) is 5. The summed E-state index contributed by atoms with van der Waals surface area (Å²) in [6.07, 6.45) is 0.570. The summed E-state index contributed by atoms with van der Waals surface area (Å²) in [7, 11) is 0. The Balaban J connectivity index is 2.14. The summed E-state index contributed by atoms with van der Waals surface area (Å²) in [4.78, 5) is 36.7. The predicted molar refractivity (Wildman–Crippen MR) is 69.3 cm³/mol. The summed E-state index contributed by atoms with van der Waals surface area (Å²) in [6, 6.07) is 0. The Kier molecular flexibility index (Phi) is 2.98. The van der Waals surface area contributed by atoms with Gasteiger partial charge in [0.1, 0.15) is 5.56 Å². The van der Waals surface area contributed by atoms with Crippen molar-refractivity contribution >= 4 is 11.9 Å². The van der Waals surface area contributed by atoms with Crippen LogP contribution in [0.5, 0.6) is 5.75 Å². The number of carboxylic acid groups (broad SMARTS) is 1. The Labute approximate surface area is 119 Å². The number of aromatic hydroxyl groups is 1. The van der Waals surface area contributed by atoms with Crippen molar-refractivity contribution in [3.8, 4) is 5.75 Å². The van der Waals surface area contributed by atoms with Crippen LogP contribution in [0.1, 0.15) is 27.8 Å². The van der Waals surface area contributed by atoms with Gasteiger partial charge in [-0.3, -0.25) is 9.59 Å². The summed E-state index contributed by atoms with van der Waals surface area (Å²) in [5, 5.41) is 18.9. The van der Waals surface area contributed by atoms with Gasteiger partial charge >= 0.3 is 5.97 Å². The second kappa shape index (κ2) is 4.59. The van der Waals surface area contributed by atoms with Crippen molar-refractivity contribution < 1.29 is 24.5 Å². The Morgan fingerprint density at radius 2 is 2.10 bits per heavy atom. The van der Waals surface area contributed by atoms with Crippen LogP contribution in [0.15, 0.2) is 11.0 Å². The Hall–Kier alpha value is -2.35. The van der Waals surface area contributed by atoms with Gasteiger partial charge in [-0.2, -0.15) is 0 Å². The maximum absolute atomic E-state index is 12.4. The predicted octanol–water partition coefficient (Wildman–Crippen LogP) is -0.300. The van der Waals surface area contributed by atoms with Crippen LogP contribution in [0.3, 0.4) is 0 Å². The van der Waals surface area contributed by atoms with Crippen LogP contribution in [0, 0.1) is 5.92 Å². The highest BCUT2D eigenvalue weighted by Gasteiger charge is 2.39. The molecule has 8 nitrogen and oxygen atoms in total. The number of hydrogen-bond donors (Lipinski definition) is 2. The van der Waals surface area contributed by atoms with E-state index in [0.29, 0.717) is 13.2 Å². The lowest BCUT2D eigenvalue weighted by Gasteiger charge is -2.42. The van der Waals surface area contributed by atoms with Crippen LogP contribution >= 0.6 is 0 Å². The quantitative estimate of drug-likeness (QED) is 0.736. The minimum Gasteiger partial charge on any atom is -0.503 e. The van der Waals surface area contributed by atoms with Crippen molar-refractivity contribution in [2.24, 2.45) is 5.92 Å². The van der Waals surface area contributed by atoms with Gasteiger partial charge in [-0.1, -0.05) is 6.92 Å². The van der Waals surface area contributed by atoms with Crippen LogP contribution in [0.4, 0.5) is 0 Å². The van der Waals surface area contributed by atoms with Crippen LogP contribution in [-0.4, -0.2) is 50.9 Å². The zero-order valence-corrected chi connectivity index (χ0v) is 11.3. The number of fused-ring (bicyclic) bond motifs is 2. The van der Waals surface area contributed by atoms with Crippen molar-refractivity contribution in [2.75, 3.05) is 13.2 Å². The smallest absolute Gasteiger partial charge is 0.341 e. The molecule has 0 unspecified atom stereocenters. The number of nitrogens with zero attached hydrogens (tertiary/aromatic N) is 2. The molecule has 0 saturated carbocycles. The molecule has 0 bridgehead atoms. The molecular formula is C13H14N2O6. The van der Waals surface area contributed by atoms with E-state index in [1.165, 1.54) is 9.47 Å². The average molecular weight is 294 g/mol. The zero-order chi connectivity index (χ0) is 15.3. The van der Waals surface area contributed by atoms with E-state index in [2.05, 4.69) is 0 Å². The van der Waals surface area contributed by atoms with Crippen LogP contribution < -0.4 is 5.43 Å². The summed E-state index contributed by atoms with van der Waals surface area (Å²) in [5.41, 5.74) is -1.80. The fourth-order valence-electron chi connectivity index (χ4n) is 2.71. The highest BCUT2D eigenvalue weighted by atomic mass is 16.5. The summed E-state index contributed by atoms with van der Waals surface area (Å²) >= 11 is 0. The number of rotatable bonds is 1. The summed E-state index contributed by atoms with van der Waals surface area (Å²) in [6.45, 7) is 3.08. The minimum atomic E-state index is -1.45. The van der Waals surface area contributed by atoms with Gasteiger partial charge in [-0.05, 0) is 5.92 Å². The number of carboxylic acids is 1. The molecule has 3 heterocycles. The maximum Gasteiger partial charge on any atom is 0.341 e. The normalized spacial score (nSPS) is 24.4. The lowest BCUT2D eigenvalue weighted by Crippen LogP contribution is -2.55. The number of pyridine rings is 1. The van der Waals surface area contributed by atoms with E-state index in [1.807, 2.05) is 6.92 Å². The number of carbonyl (C=O) groups is 2. The first-order valence-corrected chi connectivity index (χ1v) is 6.52. The second-order valence-electron chi connectivity index (χ2n) is 5.38. The molecule has 0 radical (unpaired) electrons. The number of amides is 1. The van der Waals surface area contributed by atoms with Crippen LogP contribution in [0.25, 0.3) is 0 Å². The lowest BCUT2D eigenvalue weighted by molar-refractivity contribution is -0.111. The molecule has 2 N–H and O–H groups in total. The van der Waals surface area contributed by atoms with Gasteiger partial charge < -0.3 is 24.4 Å². The van der Waals surface area contributed by atoms with Crippen LogP contribution in [-0.2, 0) is 11.3 Å². The van der Waals surface area contributed by atoms with Gasteiger partial charge in [0.15, 0.2) is 17.7 Å². The summed E-state index contributed by atoms with van der Waals surface area (Å²) in [5.74, 6) is -2.64. The molecule has 1 aromatic heterocycles. The van der Waals surface area contributed by atoms with E-state index in [9.17, 15) is 19.5 Å². The first-order valence-electron chi connectivity index (χ1n) is 6.52. The van der Waals surface area contributed by atoms with Gasteiger partial charge in [0, 0.05) is 12.7 Å². The fourth-order valence-corrected chi connectivity index (χ4v) is 2.71. The van der Waals surface area contributed by atoms with Gasteiger partial charge in [0.25, 0.3) is 5.91 Å². The van der Waals surface area contributed by atoms with Gasteiger partial charge in [-0.15, -0.1) is 0 Å². The molecule has 112 valence electrons. The zero-order valence-electron chi connectivity index (χ0n) is 11.3. The molecule has 8 heteroatoms. The Morgan fingerprint density at radius 3 is 2.76 bits per heavy atom. The molecule has 1 saturated heterocycles. The molecule has 0 aliphatic carbocycles. The molecule has 0 spiro atoms. The van der Waals surface area contributed by atoms with Crippen LogP contribution in [0.2, 0.25) is 0 Å². The van der Waals surface area contributed by atoms with E-state index in [1.54, 1.807) is 0 Å². The highest BCUT2D eigenvalue weighted by molar-refractivity contribution is 5.97. The third-order valence-corrected chi connectivity index (χ3v) is 3.73. The number of aromatic carboxylic acids is 1.